The Balaban J connectivity index is 2.05. The first kappa shape index (κ1) is 15.5. The number of hydrogen-bond donors (Lipinski definition) is 0. The van der Waals surface area contributed by atoms with E-state index in [0.717, 1.165) is 17.8 Å². The van der Waals surface area contributed by atoms with Crippen molar-refractivity contribution in [3.8, 4) is 22.4 Å². The minimum Gasteiger partial charge on any atom is -0.362 e. The van der Waals surface area contributed by atoms with E-state index >= 15 is 0 Å². The molecule has 0 saturated carbocycles. The number of hydrogen-bond acceptors (Lipinski definition) is 3. The molecule has 110 valence electrons. The molecule has 0 radical (unpaired) electrons. The van der Waals surface area contributed by atoms with E-state index in [0.29, 0.717) is 23.8 Å². The lowest BCUT2D eigenvalue weighted by atomic mass is 10.1. The van der Waals surface area contributed by atoms with Crippen molar-refractivity contribution in [2.75, 3.05) is 6.61 Å². The van der Waals surface area contributed by atoms with Gasteiger partial charge in [-0.2, -0.15) is 13.2 Å². The van der Waals surface area contributed by atoms with Gasteiger partial charge in [0.15, 0.2) is 0 Å². The molecule has 2 aromatic rings. The molecule has 0 spiro atoms. The van der Waals surface area contributed by atoms with Gasteiger partial charge in [0, 0.05) is 10.9 Å². The van der Waals surface area contributed by atoms with E-state index in [1.165, 1.54) is 23.5 Å². The smallest absolute Gasteiger partial charge is 0.362 e. The largest absolute Gasteiger partial charge is 0.416 e. The summed E-state index contributed by atoms with van der Waals surface area (Å²) in [5, 5.41) is 2.50. The summed E-state index contributed by atoms with van der Waals surface area (Å²) in [4.78, 5) is 4.33. The van der Waals surface area contributed by atoms with Gasteiger partial charge in [0.05, 0.1) is 17.9 Å². The van der Waals surface area contributed by atoms with Gasteiger partial charge in [-0.15, -0.1) is 17.3 Å². The summed E-state index contributed by atoms with van der Waals surface area (Å²) in [7, 11) is 0. The molecule has 0 saturated heterocycles. The van der Waals surface area contributed by atoms with E-state index in [1.54, 1.807) is 6.92 Å². The second kappa shape index (κ2) is 6.74. The van der Waals surface area contributed by atoms with Crippen LogP contribution >= 0.6 is 11.3 Å². The standard InChI is InChI=1S/C15H12F3NOS/c1-2-3-8-20-9-13-10-21-14(19-13)11-4-6-12(7-5-11)15(16,17)18/h4-7,10H,8-9H2,1H3. The summed E-state index contributed by atoms with van der Waals surface area (Å²) in [6.07, 6.45) is -4.32. The number of aromatic nitrogens is 1. The van der Waals surface area contributed by atoms with Gasteiger partial charge in [-0.1, -0.05) is 18.1 Å². The Kier molecular flexibility index (Phi) is 4.99. The molecule has 1 aromatic heterocycles. The summed E-state index contributed by atoms with van der Waals surface area (Å²) in [5.41, 5.74) is 0.741. The topological polar surface area (TPSA) is 22.1 Å². The van der Waals surface area contributed by atoms with Crippen LogP contribution in [0.15, 0.2) is 29.6 Å². The summed E-state index contributed by atoms with van der Waals surface area (Å²) >= 11 is 1.37. The van der Waals surface area contributed by atoms with E-state index in [-0.39, 0.29) is 0 Å². The highest BCUT2D eigenvalue weighted by molar-refractivity contribution is 7.13. The molecule has 0 aliphatic carbocycles. The van der Waals surface area contributed by atoms with Gasteiger partial charge in [0.1, 0.15) is 11.6 Å². The Hall–Kier alpha value is -1.84. The van der Waals surface area contributed by atoms with Crippen molar-refractivity contribution in [3.05, 3.63) is 40.9 Å². The first-order valence-corrected chi connectivity index (χ1v) is 6.98. The Labute approximate surface area is 124 Å². The third kappa shape index (κ3) is 4.31. The molecule has 0 N–H and O–H groups in total. The summed E-state index contributed by atoms with van der Waals surface area (Å²) in [6.45, 7) is 2.41. The monoisotopic (exact) mass is 311 g/mol. The van der Waals surface area contributed by atoms with Gasteiger partial charge in [-0.05, 0) is 19.1 Å². The number of ether oxygens (including phenoxy) is 1. The second-order valence-corrected chi connectivity index (χ2v) is 5.00. The molecular formula is C15H12F3NOS. The normalized spacial score (nSPS) is 11.0. The van der Waals surface area contributed by atoms with Crippen LogP contribution in [0.25, 0.3) is 10.6 Å². The highest BCUT2D eigenvalue weighted by Crippen LogP contribution is 2.31. The lowest BCUT2D eigenvalue weighted by Crippen LogP contribution is -2.03. The zero-order valence-corrected chi connectivity index (χ0v) is 12.0. The van der Waals surface area contributed by atoms with Gasteiger partial charge >= 0.3 is 6.18 Å². The third-order valence-electron chi connectivity index (χ3n) is 2.61. The fourth-order valence-corrected chi connectivity index (χ4v) is 2.40. The first-order valence-electron chi connectivity index (χ1n) is 6.10. The van der Waals surface area contributed by atoms with Crippen LogP contribution in [-0.4, -0.2) is 11.6 Å². The van der Waals surface area contributed by atoms with Gasteiger partial charge in [-0.25, -0.2) is 4.98 Å². The van der Waals surface area contributed by atoms with Gasteiger partial charge in [-0.3, -0.25) is 0 Å². The van der Waals surface area contributed by atoms with Crippen LogP contribution in [0.1, 0.15) is 18.2 Å². The highest BCUT2D eigenvalue weighted by Gasteiger charge is 2.30. The number of benzene rings is 1. The van der Waals surface area contributed by atoms with Crippen LogP contribution in [0, 0.1) is 11.8 Å². The van der Waals surface area contributed by atoms with Crippen molar-refractivity contribution < 1.29 is 17.9 Å². The maximum absolute atomic E-state index is 12.5. The van der Waals surface area contributed by atoms with Gasteiger partial charge < -0.3 is 4.74 Å². The zero-order chi connectivity index (χ0) is 15.3. The predicted molar refractivity (Wildman–Crippen MR) is 75.7 cm³/mol. The zero-order valence-electron chi connectivity index (χ0n) is 11.2. The number of halogens is 3. The molecule has 0 aliphatic rings. The molecule has 0 amide bonds. The molecule has 1 heterocycles. The van der Waals surface area contributed by atoms with Crippen molar-refractivity contribution in [3.63, 3.8) is 0 Å². The number of alkyl halides is 3. The number of nitrogens with zero attached hydrogens (tertiary/aromatic N) is 1. The first-order chi connectivity index (χ1) is 10.0. The maximum Gasteiger partial charge on any atom is 0.416 e. The minimum atomic E-state index is -4.32. The van der Waals surface area contributed by atoms with Gasteiger partial charge in [0.25, 0.3) is 0 Å². The van der Waals surface area contributed by atoms with Crippen molar-refractivity contribution >= 4 is 11.3 Å². The van der Waals surface area contributed by atoms with E-state index in [2.05, 4.69) is 16.8 Å². The van der Waals surface area contributed by atoms with Crippen LogP contribution in [0.5, 0.6) is 0 Å². The molecule has 21 heavy (non-hydrogen) atoms. The fourth-order valence-electron chi connectivity index (χ4n) is 1.59. The highest BCUT2D eigenvalue weighted by atomic mass is 32.1. The second-order valence-electron chi connectivity index (χ2n) is 4.14. The molecule has 2 rings (SSSR count). The molecule has 0 unspecified atom stereocenters. The van der Waals surface area contributed by atoms with Crippen LogP contribution in [-0.2, 0) is 17.5 Å². The Morgan fingerprint density at radius 3 is 2.57 bits per heavy atom. The minimum absolute atomic E-state index is 0.337. The van der Waals surface area contributed by atoms with Gasteiger partial charge in [0.2, 0.25) is 0 Å². The van der Waals surface area contributed by atoms with Crippen LogP contribution in [0.4, 0.5) is 13.2 Å². The molecule has 0 fully saturated rings. The average Bonchev–Trinajstić information content (AvgIpc) is 2.92. The quantitative estimate of drug-likeness (QED) is 0.618. The van der Waals surface area contributed by atoms with Crippen molar-refractivity contribution in [2.24, 2.45) is 0 Å². The lowest BCUT2D eigenvalue weighted by molar-refractivity contribution is -0.137. The molecule has 6 heteroatoms. The Morgan fingerprint density at radius 2 is 1.95 bits per heavy atom. The maximum atomic E-state index is 12.5. The van der Waals surface area contributed by atoms with E-state index < -0.39 is 11.7 Å². The average molecular weight is 311 g/mol. The Bertz CT molecular complexity index is 650. The van der Waals surface area contributed by atoms with Crippen molar-refractivity contribution in [1.82, 2.24) is 4.98 Å². The Morgan fingerprint density at radius 1 is 1.24 bits per heavy atom. The summed E-state index contributed by atoms with van der Waals surface area (Å²) in [5.74, 6) is 5.49. The molecular weight excluding hydrogens is 299 g/mol. The predicted octanol–water partition coefficient (Wildman–Crippen LogP) is 4.37. The van der Waals surface area contributed by atoms with E-state index in [4.69, 9.17) is 4.74 Å². The summed E-state index contributed by atoms with van der Waals surface area (Å²) in [6, 6.07) is 4.97. The van der Waals surface area contributed by atoms with E-state index in [1.807, 2.05) is 5.38 Å². The fraction of sp³-hybridized carbons (Fsp3) is 0.267. The summed E-state index contributed by atoms with van der Waals surface area (Å²) < 4.78 is 42.8. The van der Waals surface area contributed by atoms with Crippen molar-refractivity contribution in [2.45, 2.75) is 19.7 Å². The van der Waals surface area contributed by atoms with Crippen LogP contribution in [0.3, 0.4) is 0 Å². The number of thiazole rings is 1. The number of rotatable bonds is 4. The molecule has 2 nitrogen and oxygen atoms in total. The van der Waals surface area contributed by atoms with Crippen LogP contribution < -0.4 is 0 Å². The molecule has 0 atom stereocenters. The lowest BCUT2D eigenvalue weighted by Gasteiger charge is -2.06. The molecule has 0 aliphatic heterocycles. The SMILES string of the molecule is CC#CCOCc1csc(-c2ccc(C(F)(F)F)cc2)n1. The molecule has 1 aromatic carbocycles. The van der Waals surface area contributed by atoms with Crippen molar-refractivity contribution in [1.29, 1.82) is 0 Å². The van der Waals surface area contributed by atoms with Crippen LogP contribution in [0.2, 0.25) is 0 Å². The third-order valence-corrected chi connectivity index (χ3v) is 3.55. The molecule has 0 bridgehead atoms. The van der Waals surface area contributed by atoms with E-state index in [9.17, 15) is 13.2 Å².